The Kier molecular flexibility index (Phi) is 11.2. The largest absolute Gasteiger partial charge is 0.497 e. The molecule has 0 saturated heterocycles. The Balaban J connectivity index is 1.88. The van der Waals surface area contributed by atoms with Crippen LogP contribution in [-0.2, 0) is 22.6 Å². The van der Waals surface area contributed by atoms with Crippen molar-refractivity contribution in [1.82, 2.24) is 10.2 Å². The summed E-state index contributed by atoms with van der Waals surface area (Å²) in [6, 6.07) is 24.5. The molecule has 0 radical (unpaired) electrons. The predicted octanol–water partition coefficient (Wildman–Crippen LogP) is 5.75. The summed E-state index contributed by atoms with van der Waals surface area (Å²) >= 11 is 0. The van der Waals surface area contributed by atoms with E-state index in [1.165, 1.54) is 5.56 Å². The number of methoxy groups -OCH3 is 1. The van der Waals surface area contributed by atoms with Gasteiger partial charge in [-0.3, -0.25) is 9.59 Å². The lowest BCUT2D eigenvalue weighted by Gasteiger charge is -2.31. The minimum Gasteiger partial charge on any atom is -0.497 e. The molecule has 38 heavy (non-hydrogen) atoms. The third kappa shape index (κ3) is 8.65. The normalized spacial score (nSPS) is 11.6. The number of unbranched alkanes of at least 4 members (excludes halogenated alkanes) is 1. The summed E-state index contributed by atoms with van der Waals surface area (Å²) in [6.07, 6.45) is 2.25. The molecule has 3 aromatic carbocycles. The van der Waals surface area contributed by atoms with Crippen LogP contribution in [0.1, 0.15) is 56.2 Å². The Labute approximate surface area is 227 Å². The summed E-state index contributed by atoms with van der Waals surface area (Å²) in [7, 11) is 1.61. The van der Waals surface area contributed by atoms with E-state index in [1.54, 1.807) is 12.0 Å². The first-order valence-corrected chi connectivity index (χ1v) is 13.4. The Morgan fingerprint density at radius 3 is 2.26 bits per heavy atom. The second kappa shape index (κ2) is 14.8. The first-order chi connectivity index (χ1) is 18.4. The van der Waals surface area contributed by atoms with Gasteiger partial charge in [-0.2, -0.15) is 0 Å². The van der Waals surface area contributed by atoms with Crippen LogP contribution >= 0.6 is 0 Å². The summed E-state index contributed by atoms with van der Waals surface area (Å²) in [4.78, 5) is 28.8. The van der Waals surface area contributed by atoms with Crippen molar-refractivity contribution in [2.75, 3.05) is 20.3 Å². The maximum atomic E-state index is 13.7. The van der Waals surface area contributed by atoms with Gasteiger partial charge in [0.1, 0.15) is 17.5 Å². The molecule has 3 rings (SSSR count). The quantitative estimate of drug-likeness (QED) is 0.277. The number of hydrogen-bond donors (Lipinski definition) is 1. The molecule has 6 heteroatoms. The van der Waals surface area contributed by atoms with E-state index in [1.807, 2.05) is 78.9 Å². The van der Waals surface area contributed by atoms with Crippen LogP contribution in [0.4, 0.5) is 0 Å². The highest BCUT2D eigenvalue weighted by Gasteiger charge is 2.30. The number of hydrogen-bond acceptors (Lipinski definition) is 4. The van der Waals surface area contributed by atoms with Crippen molar-refractivity contribution in [1.29, 1.82) is 0 Å². The number of benzene rings is 3. The predicted molar refractivity (Wildman–Crippen MR) is 151 cm³/mol. The molecule has 2 amide bonds. The van der Waals surface area contributed by atoms with E-state index in [9.17, 15) is 9.59 Å². The zero-order valence-corrected chi connectivity index (χ0v) is 23.0. The fourth-order valence-corrected chi connectivity index (χ4v) is 4.20. The minimum atomic E-state index is -0.695. The molecule has 0 fully saturated rings. The lowest BCUT2D eigenvalue weighted by atomic mass is 10.0. The molecular formula is C32H40N2O4. The van der Waals surface area contributed by atoms with Gasteiger partial charge in [0, 0.05) is 19.5 Å². The van der Waals surface area contributed by atoms with E-state index in [0.29, 0.717) is 30.4 Å². The number of carbonyl (C=O) groups is 2. The first kappa shape index (κ1) is 28.8. The van der Waals surface area contributed by atoms with Crippen LogP contribution in [0, 0.1) is 0 Å². The number of rotatable bonds is 14. The fourth-order valence-electron chi connectivity index (χ4n) is 4.20. The smallest absolute Gasteiger partial charge is 0.261 e. The molecule has 1 N–H and O–H groups in total. The highest BCUT2D eigenvalue weighted by molar-refractivity contribution is 5.88. The third-order valence-corrected chi connectivity index (χ3v) is 6.50. The average Bonchev–Trinajstić information content (AvgIpc) is 2.94. The Morgan fingerprint density at radius 1 is 0.895 bits per heavy atom. The maximum Gasteiger partial charge on any atom is 0.261 e. The summed E-state index contributed by atoms with van der Waals surface area (Å²) in [5.74, 6) is 1.31. The fraction of sp³-hybridized carbons (Fsp3) is 0.375. The molecule has 0 aliphatic rings. The van der Waals surface area contributed by atoms with Gasteiger partial charge in [-0.15, -0.1) is 0 Å². The van der Waals surface area contributed by atoms with Crippen molar-refractivity contribution in [3.63, 3.8) is 0 Å². The van der Waals surface area contributed by atoms with E-state index in [-0.39, 0.29) is 25.0 Å². The van der Waals surface area contributed by atoms with Crippen LogP contribution < -0.4 is 14.8 Å². The zero-order valence-electron chi connectivity index (χ0n) is 23.0. The van der Waals surface area contributed by atoms with Crippen molar-refractivity contribution in [3.05, 3.63) is 95.6 Å². The van der Waals surface area contributed by atoms with Gasteiger partial charge in [-0.25, -0.2) is 0 Å². The summed E-state index contributed by atoms with van der Waals surface area (Å²) in [5.41, 5.74) is 3.06. The molecule has 0 heterocycles. The second-order valence-electron chi connectivity index (χ2n) is 9.74. The Hall–Kier alpha value is -3.80. The number of ether oxygens (including phenoxy) is 2. The highest BCUT2D eigenvalue weighted by atomic mass is 16.5. The molecule has 0 saturated carbocycles. The van der Waals surface area contributed by atoms with Crippen LogP contribution in [0.15, 0.2) is 78.9 Å². The van der Waals surface area contributed by atoms with Gasteiger partial charge >= 0.3 is 0 Å². The van der Waals surface area contributed by atoms with E-state index >= 15 is 0 Å². The topological polar surface area (TPSA) is 67.9 Å². The number of nitrogens with one attached hydrogen (secondary N) is 1. The van der Waals surface area contributed by atoms with Gasteiger partial charge in [0.15, 0.2) is 6.61 Å². The lowest BCUT2D eigenvalue weighted by Crippen LogP contribution is -2.51. The highest BCUT2D eigenvalue weighted by Crippen LogP contribution is 2.21. The lowest BCUT2D eigenvalue weighted by molar-refractivity contribution is -0.142. The SMILES string of the molecule is CCCCNC(=O)C(Cc1ccccc1)N(Cc1cccc(OC)c1)C(=O)COc1ccc(C(C)C)cc1. The number of amides is 2. The molecule has 202 valence electrons. The molecule has 3 aromatic rings. The molecular weight excluding hydrogens is 476 g/mol. The Morgan fingerprint density at radius 2 is 1.61 bits per heavy atom. The molecule has 1 unspecified atom stereocenters. The van der Waals surface area contributed by atoms with Crippen molar-refractivity contribution in [2.45, 2.75) is 58.5 Å². The number of nitrogens with zero attached hydrogens (tertiary/aromatic N) is 1. The van der Waals surface area contributed by atoms with Crippen LogP contribution in [0.25, 0.3) is 0 Å². The van der Waals surface area contributed by atoms with Gasteiger partial charge < -0.3 is 19.7 Å². The van der Waals surface area contributed by atoms with Crippen LogP contribution in [0.5, 0.6) is 11.5 Å². The van der Waals surface area contributed by atoms with Gasteiger partial charge in [0.25, 0.3) is 5.91 Å². The van der Waals surface area contributed by atoms with E-state index in [0.717, 1.165) is 24.0 Å². The second-order valence-corrected chi connectivity index (χ2v) is 9.74. The summed E-state index contributed by atoms with van der Waals surface area (Å²) < 4.78 is 11.3. The minimum absolute atomic E-state index is 0.167. The Bertz CT molecular complexity index is 1150. The van der Waals surface area contributed by atoms with Crippen LogP contribution in [-0.4, -0.2) is 43.0 Å². The zero-order chi connectivity index (χ0) is 27.3. The van der Waals surface area contributed by atoms with Crippen LogP contribution in [0.3, 0.4) is 0 Å². The van der Waals surface area contributed by atoms with Gasteiger partial charge in [0.05, 0.1) is 7.11 Å². The van der Waals surface area contributed by atoms with Crippen molar-refractivity contribution < 1.29 is 19.1 Å². The number of carbonyl (C=O) groups excluding carboxylic acids is 2. The summed E-state index contributed by atoms with van der Waals surface area (Å²) in [5, 5.41) is 3.04. The van der Waals surface area contributed by atoms with Gasteiger partial charge in [-0.1, -0.05) is 81.8 Å². The molecule has 0 aromatic heterocycles. The first-order valence-electron chi connectivity index (χ1n) is 13.4. The molecule has 6 nitrogen and oxygen atoms in total. The molecule has 0 aliphatic carbocycles. The van der Waals surface area contributed by atoms with Gasteiger partial charge in [0.2, 0.25) is 5.91 Å². The monoisotopic (exact) mass is 516 g/mol. The average molecular weight is 517 g/mol. The van der Waals surface area contributed by atoms with Crippen LogP contribution in [0.2, 0.25) is 0 Å². The van der Waals surface area contributed by atoms with E-state index in [2.05, 4.69) is 26.1 Å². The molecule has 0 aliphatic heterocycles. The maximum absolute atomic E-state index is 13.7. The molecule has 0 bridgehead atoms. The van der Waals surface area contributed by atoms with Crippen molar-refractivity contribution >= 4 is 11.8 Å². The van der Waals surface area contributed by atoms with Crippen molar-refractivity contribution in [2.24, 2.45) is 0 Å². The molecule has 1 atom stereocenters. The van der Waals surface area contributed by atoms with Crippen molar-refractivity contribution in [3.8, 4) is 11.5 Å². The third-order valence-electron chi connectivity index (χ3n) is 6.50. The van der Waals surface area contributed by atoms with E-state index < -0.39 is 6.04 Å². The van der Waals surface area contributed by atoms with Gasteiger partial charge in [-0.05, 0) is 53.3 Å². The standard InChI is InChI=1S/C32H40N2O4/c1-5-6-19-33-32(36)30(21-25-11-8-7-9-12-25)34(22-26-13-10-14-29(20-26)37-4)31(35)23-38-28-17-15-27(16-18-28)24(2)3/h7-18,20,24,30H,5-6,19,21-23H2,1-4H3,(H,33,36). The molecule has 0 spiro atoms. The summed E-state index contributed by atoms with van der Waals surface area (Å²) in [6.45, 7) is 7.00. The van der Waals surface area contributed by atoms with E-state index in [4.69, 9.17) is 9.47 Å².